The Morgan fingerprint density at radius 1 is 1.40 bits per heavy atom. The molecule has 0 aliphatic heterocycles. The highest BCUT2D eigenvalue weighted by Crippen LogP contribution is 2.08. The molecule has 0 saturated carbocycles. The molecule has 15 heavy (non-hydrogen) atoms. The molecule has 0 aliphatic carbocycles. The van der Waals surface area contributed by atoms with E-state index < -0.39 is 0 Å². The van der Waals surface area contributed by atoms with Crippen LogP contribution in [-0.2, 0) is 6.54 Å². The molecule has 0 aliphatic rings. The van der Waals surface area contributed by atoms with E-state index in [0.717, 1.165) is 13.1 Å². The van der Waals surface area contributed by atoms with Gasteiger partial charge in [0.2, 0.25) is 0 Å². The summed E-state index contributed by atoms with van der Waals surface area (Å²) in [6.07, 6.45) is 0. The summed E-state index contributed by atoms with van der Waals surface area (Å²) in [7, 11) is 4.17. The predicted octanol–water partition coefficient (Wildman–Crippen LogP) is 2.03. The molecule has 2 heteroatoms. The van der Waals surface area contributed by atoms with Crippen LogP contribution in [0, 0.1) is 6.92 Å². The van der Waals surface area contributed by atoms with E-state index in [4.69, 9.17) is 0 Å². The van der Waals surface area contributed by atoms with Crippen LogP contribution in [0.5, 0.6) is 0 Å². The highest BCUT2D eigenvalue weighted by Gasteiger charge is 2.08. The molecule has 0 fully saturated rings. The minimum absolute atomic E-state index is 0.565. The third kappa shape index (κ3) is 4.02. The smallest absolute Gasteiger partial charge is 0.0234 e. The van der Waals surface area contributed by atoms with Gasteiger partial charge in [-0.25, -0.2) is 0 Å². The molecule has 0 aromatic heterocycles. The summed E-state index contributed by atoms with van der Waals surface area (Å²) in [6.45, 7) is 6.43. The maximum Gasteiger partial charge on any atom is 0.0234 e. The minimum atomic E-state index is 0.565. The van der Waals surface area contributed by atoms with Gasteiger partial charge in [-0.05, 0) is 33.5 Å². The van der Waals surface area contributed by atoms with E-state index in [1.165, 1.54) is 11.1 Å². The summed E-state index contributed by atoms with van der Waals surface area (Å²) < 4.78 is 0. The van der Waals surface area contributed by atoms with Gasteiger partial charge in [0, 0.05) is 19.1 Å². The van der Waals surface area contributed by atoms with Gasteiger partial charge in [0.25, 0.3) is 0 Å². The minimum Gasteiger partial charge on any atom is -0.318 e. The van der Waals surface area contributed by atoms with Gasteiger partial charge in [0.05, 0.1) is 0 Å². The van der Waals surface area contributed by atoms with Crippen LogP contribution >= 0.6 is 0 Å². The summed E-state index contributed by atoms with van der Waals surface area (Å²) in [5.41, 5.74) is 2.72. The molecular formula is C13H22N2. The molecule has 0 saturated heterocycles. The first-order chi connectivity index (χ1) is 7.13. The van der Waals surface area contributed by atoms with Crippen molar-refractivity contribution in [1.29, 1.82) is 0 Å². The van der Waals surface area contributed by atoms with E-state index in [1.54, 1.807) is 0 Å². The highest BCUT2D eigenvalue weighted by atomic mass is 15.1. The number of nitrogens with one attached hydrogen (secondary N) is 1. The Bertz CT molecular complexity index is 296. The van der Waals surface area contributed by atoms with Crippen molar-refractivity contribution in [1.82, 2.24) is 10.2 Å². The van der Waals surface area contributed by atoms with Crippen LogP contribution in [0.25, 0.3) is 0 Å². The molecule has 2 nitrogen and oxygen atoms in total. The van der Waals surface area contributed by atoms with Gasteiger partial charge < -0.3 is 5.32 Å². The van der Waals surface area contributed by atoms with Gasteiger partial charge in [0.1, 0.15) is 0 Å². The fraction of sp³-hybridized carbons (Fsp3) is 0.538. The third-order valence-electron chi connectivity index (χ3n) is 2.77. The molecule has 1 rings (SSSR count). The Hall–Kier alpha value is -0.860. The van der Waals surface area contributed by atoms with Crippen LogP contribution in [0.3, 0.4) is 0 Å². The first kappa shape index (κ1) is 12.2. The normalized spacial score (nSPS) is 13.1. The van der Waals surface area contributed by atoms with Gasteiger partial charge in [-0.1, -0.05) is 29.8 Å². The Kier molecular flexibility index (Phi) is 4.79. The number of hydrogen-bond acceptors (Lipinski definition) is 2. The molecule has 0 bridgehead atoms. The number of benzene rings is 1. The lowest BCUT2D eigenvalue weighted by Gasteiger charge is -2.24. The van der Waals surface area contributed by atoms with Crippen molar-refractivity contribution in [3.8, 4) is 0 Å². The maximum atomic E-state index is 3.20. The first-order valence-corrected chi connectivity index (χ1v) is 5.54. The van der Waals surface area contributed by atoms with Crippen LogP contribution < -0.4 is 5.32 Å². The summed E-state index contributed by atoms with van der Waals surface area (Å²) >= 11 is 0. The van der Waals surface area contributed by atoms with Crippen molar-refractivity contribution in [2.45, 2.75) is 26.4 Å². The molecule has 0 amide bonds. The van der Waals surface area contributed by atoms with Crippen molar-refractivity contribution in [3.05, 3.63) is 35.4 Å². The molecule has 1 N–H and O–H groups in total. The van der Waals surface area contributed by atoms with Crippen LogP contribution in [0.4, 0.5) is 0 Å². The highest BCUT2D eigenvalue weighted by molar-refractivity contribution is 5.22. The van der Waals surface area contributed by atoms with E-state index in [1.807, 2.05) is 7.05 Å². The summed E-state index contributed by atoms with van der Waals surface area (Å²) in [5, 5.41) is 3.20. The quantitative estimate of drug-likeness (QED) is 0.793. The van der Waals surface area contributed by atoms with E-state index in [0.29, 0.717) is 6.04 Å². The number of hydrogen-bond donors (Lipinski definition) is 1. The van der Waals surface area contributed by atoms with Crippen LogP contribution in [0.2, 0.25) is 0 Å². The Morgan fingerprint density at radius 2 is 2.13 bits per heavy atom. The predicted molar refractivity (Wildman–Crippen MR) is 66.0 cm³/mol. The monoisotopic (exact) mass is 206 g/mol. The largest absolute Gasteiger partial charge is 0.318 e. The molecule has 1 atom stereocenters. The van der Waals surface area contributed by atoms with Gasteiger partial charge in [-0.3, -0.25) is 4.90 Å². The number of nitrogens with zero attached hydrogens (tertiary/aromatic N) is 1. The fourth-order valence-electron chi connectivity index (χ4n) is 1.71. The van der Waals surface area contributed by atoms with Gasteiger partial charge >= 0.3 is 0 Å². The van der Waals surface area contributed by atoms with Gasteiger partial charge in [0.15, 0.2) is 0 Å². The van der Waals surface area contributed by atoms with Crippen molar-refractivity contribution < 1.29 is 0 Å². The van der Waals surface area contributed by atoms with E-state index >= 15 is 0 Å². The zero-order valence-corrected chi connectivity index (χ0v) is 10.2. The van der Waals surface area contributed by atoms with Crippen molar-refractivity contribution >= 4 is 0 Å². The zero-order chi connectivity index (χ0) is 11.3. The SMILES string of the molecule is CNCC(C)N(C)Cc1cccc(C)c1. The molecule has 1 aromatic carbocycles. The molecule has 1 unspecified atom stereocenters. The summed E-state index contributed by atoms with van der Waals surface area (Å²) in [5.74, 6) is 0. The second-order valence-corrected chi connectivity index (χ2v) is 4.31. The second-order valence-electron chi connectivity index (χ2n) is 4.31. The topological polar surface area (TPSA) is 15.3 Å². The first-order valence-electron chi connectivity index (χ1n) is 5.54. The summed E-state index contributed by atoms with van der Waals surface area (Å²) in [6, 6.07) is 9.27. The van der Waals surface area contributed by atoms with Gasteiger partial charge in [-0.15, -0.1) is 0 Å². The zero-order valence-electron chi connectivity index (χ0n) is 10.2. The number of likely N-dealkylation sites (N-methyl/N-ethyl adjacent to an activating group) is 2. The molecule has 84 valence electrons. The van der Waals surface area contributed by atoms with Crippen molar-refractivity contribution in [3.63, 3.8) is 0 Å². The maximum absolute atomic E-state index is 3.20. The third-order valence-corrected chi connectivity index (χ3v) is 2.77. The lowest BCUT2D eigenvalue weighted by Crippen LogP contribution is -2.36. The summed E-state index contributed by atoms with van der Waals surface area (Å²) in [4.78, 5) is 2.37. The van der Waals surface area contributed by atoms with Crippen molar-refractivity contribution in [2.24, 2.45) is 0 Å². The molecular weight excluding hydrogens is 184 g/mol. The molecule has 0 spiro atoms. The fourth-order valence-corrected chi connectivity index (χ4v) is 1.71. The van der Waals surface area contributed by atoms with Crippen LogP contribution in [-0.4, -0.2) is 31.6 Å². The average Bonchev–Trinajstić information content (AvgIpc) is 2.18. The van der Waals surface area contributed by atoms with Crippen LogP contribution in [0.15, 0.2) is 24.3 Å². The average molecular weight is 206 g/mol. The Morgan fingerprint density at radius 3 is 2.73 bits per heavy atom. The van der Waals surface area contributed by atoms with E-state index in [2.05, 4.69) is 55.4 Å². The number of rotatable bonds is 5. The second kappa shape index (κ2) is 5.89. The van der Waals surface area contributed by atoms with Crippen LogP contribution in [0.1, 0.15) is 18.1 Å². The molecule has 1 aromatic rings. The van der Waals surface area contributed by atoms with E-state index in [9.17, 15) is 0 Å². The van der Waals surface area contributed by atoms with Crippen molar-refractivity contribution in [2.75, 3.05) is 20.6 Å². The Balaban J connectivity index is 2.54. The molecule has 0 radical (unpaired) electrons. The van der Waals surface area contributed by atoms with E-state index in [-0.39, 0.29) is 0 Å². The Labute approximate surface area is 93.3 Å². The van der Waals surface area contributed by atoms with Gasteiger partial charge in [-0.2, -0.15) is 0 Å². The lowest BCUT2D eigenvalue weighted by atomic mass is 10.1. The lowest BCUT2D eigenvalue weighted by molar-refractivity contribution is 0.246. The number of aryl methyl sites for hydroxylation is 1. The standard InChI is InChI=1S/C13H22N2/c1-11-6-5-7-13(8-11)10-15(4)12(2)9-14-3/h5-8,12,14H,9-10H2,1-4H3. The molecule has 0 heterocycles.